The fourth-order valence-electron chi connectivity index (χ4n) is 3.88. The van der Waals surface area contributed by atoms with Crippen molar-refractivity contribution >= 4 is 40.8 Å². The van der Waals surface area contributed by atoms with Crippen LogP contribution in [0.1, 0.15) is 29.2 Å². The Bertz CT molecular complexity index is 1370. The maximum absolute atomic E-state index is 12.9. The van der Waals surface area contributed by atoms with Crippen LogP contribution in [0.15, 0.2) is 60.7 Å². The number of rotatable bonds is 9. The molecule has 3 aromatic carbocycles. The molecule has 4 aromatic rings. The number of methoxy groups -OCH3 is 1. The van der Waals surface area contributed by atoms with Gasteiger partial charge in [-0.05, 0) is 82.1 Å². The zero-order chi connectivity index (χ0) is 27.2. The fraction of sp³-hybridized carbons (Fsp3) is 0.241. The smallest absolute Gasteiger partial charge is 0.246 e. The zero-order valence-corrected chi connectivity index (χ0v) is 22.5. The topological polar surface area (TPSA) is 113 Å². The molecule has 4 rings (SSSR count). The quantitative estimate of drug-likeness (QED) is 0.215. The van der Waals surface area contributed by atoms with Crippen molar-refractivity contribution in [3.8, 4) is 5.75 Å². The van der Waals surface area contributed by atoms with Crippen LogP contribution in [0.25, 0.3) is 0 Å². The molecule has 0 fully saturated rings. The lowest BCUT2D eigenvalue weighted by Crippen LogP contribution is -2.32. The summed E-state index contributed by atoms with van der Waals surface area (Å²) in [6.07, 6.45) is 0. The van der Waals surface area contributed by atoms with Gasteiger partial charge in [-0.2, -0.15) is 15.0 Å². The molecule has 9 nitrogen and oxygen atoms in total. The first-order valence-corrected chi connectivity index (χ1v) is 12.4. The van der Waals surface area contributed by atoms with E-state index in [1.54, 1.807) is 38.3 Å². The zero-order valence-electron chi connectivity index (χ0n) is 22.5. The van der Waals surface area contributed by atoms with E-state index in [0.717, 1.165) is 22.5 Å². The molecule has 196 valence electrons. The average Bonchev–Trinajstić information content (AvgIpc) is 2.88. The Morgan fingerprint density at radius 3 is 1.71 bits per heavy atom. The van der Waals surface area contributed by atoms with Crippen LogP contribution in [-0.4, -0.2) is 34.0 Å². The summed E-state index contributed by atoms with van der Waals surface area (Å²) in [5.41, 5.74) is 6.90. The number of hydrogen-bond donors (Lipinski definition) is 4. The van der Waals surface area contributed by atoms with Crippen LogP contribution in [0, 0.1) is 27.7 Å². The Kier molecular flexibility index (Phi) is 8.06. The van der Waals surface area contributed by atoms with Gasteiger partial charge in [0.25, 0.3) is 0 Å². The molecule has 0 aliphatic heterocycles. The summed E-state index contributed by atoms with van der Waals surface area (Å²) in [5.74, 6) is 1.45. The minimum absolute atomic E-state index is 0.233. The SMILES string of the molecule is COc1ccc(NC(=O)C(C)Nc2nc(Nc3ccc(C)cc3C)nc(Nc3ccc(C)cc3C)n2)cc1. The Morgan fingerprint density at radius 2 is 1.24 bits per heavy atom. The number of carbonyl (C=O) groups is 1. The molecule has 0 saturated carbocycles. The monoisotopic (exact) mass is 511 g/mol. The summed E-state index contributed by atoms with van der Waals surface area (Å²) < 4.78 is 5.18. The standard InChI is InChI=1S/C29H33N7O2/c1-17-7-13-24(19(3)15-17)32-28-34-27(35-29(36-28)33-25-14-8-18(2)16-20(25)4)30-21(5)26(37)31-22-9-11-23(38-6)12-10-22/h7-16,21H,1-6H3,(H,31,37)(H3,30,32,33,34,35,36). The predicted octanol–water partition coefficient (Wildman–Crippen LogP) is 6.04. The highest BCUT2D eigenvalue weighted by Gasteiger charge is 2.17. The second kappa shape index (κ2) is 11.6. The van der Waals surface area contributed by atoms with Gasteiger partial charge >= 0.3 is 0 Å². The molecule has 0 bridgehead atoms. The highest BCUT2D eigenvalue weighted by Crippen LogP contribution is 2.24. The van der Waals surface area contributed by atoms with Gasteiger partial charge in [0.05, 0.1) is 7.11 Å². The van der Waals surface area contributed by atoms with Gasteiger partial charge < -0.3 is 26.0 Å². The van der Waals surface area contributed by atoms with Crippen LogP contribution in [0.2, 0.25) is 0 Å². The Balaban J connectivity index is 1.58. The van der Waals surface area contributed by atoms with Crippen molar-refractivity contribution in [2.75, 3.05) is 28.4 Å². The summed E-state index contributed by atoms with van der Waals surface area (Å²) in [6, 6.07) is 18.7. The third kappa shape index (κ3) is 6.76. The molecule has 4 N–H and O–H groups in total. The lowest BCUT2D eigenvalue weighted by Gasteiger charge is -2.17. The van der Waals surface area contributed by atoms with Crippen molar-refractivity contribution in [2.24, 2.45) is 0 Å². The van der Waals surface area contributed by atoms with Gasteiger partial charge in [0.2, 0.25) is 23.8 Å². The van der Waals surface area contributed by atoms with Gasteiger partial charge in [-0.15, -0.1) is 0 Å². The van der Waals surface area contributed by atoms with Crippen LogP contribution in [0.4, 0.5) is 34.9 Å². The fourth-order valence-corrected chi connectivity index (χ4v) is 3.88. The second-order valence-electron chi connectivity index (χ2n) is 9.28. The van der Waals surface area contributed by atoms with E-state index in [4.69, 9.17) is 4.74 Å². The van der Waals surface area contributed by atoms with Crippen LogP contribution < -0.4 is 26.0 Å². The lowest BCUT2D eigenvalue weighted by molar-refractivity contribution is -0.116. The van der Waals surface area contributed by atoms with Gasteiger partial charge in [-0.3, -0.25) is 4.79 Å². The molecule has 1 heterocycles. The highest BCUT2D eigenvalue weighted by atomic mass is 16.5. The number of nitrogens with zero attached hydrogens (tertiary/aromatic N) is 3. The van der Waals surface area contributed by atoms with Crippen molar-refractivity contribution in [1.82, 2.24) is 15.0 Å². The molecule has 38 heavy (non-hydrogen) atoms. The number of ether oxygens (including phenoxy) is 1. The number of anilines is 6. The maximum Gasteiger partial charge on any atom is 0.246 e. The van der Waals surface area contributed by atoms with E-state index in [1.807, 2.05) is 52.0 Å². The van der Waals surface area contributed by atoms with E-state index in [0.29, 0.717) is 23.3 Å². The largest absolute Gasteiger partial charge is 0.497 e. The molecule has 1 aromatic heterocycles. The first kappa shape index (κ1) is 26.4. The van der Waals surface area contributed by atoms with Crippen LogP contribution in [-0.2, 0) is 4.79 Å². The minimum Gasteiger partial charge on any atom is -0.497 e. The van der Waals surface area contributed by atoms with Gasteiger partial charge in [0.1, 0.15) is 11.8 Å². The van der Waals surface area contributed by atoms with E-state index in [1.165, 1.54) is 11.1 Å². The third-order valence-corrected chi connectivity index (χ3v) is 5.99. The molecule has 0 aliphatic carbocycles. The summed E-state index contributed by atoms with van der Waals surface area (Å²) in [6.45, 7) is 9.89. The van der Waals surface area contributed by atoms with E-state index in [-0.39, 0.29) is 11.9 Å². The van der Waals surface area contributed by atoms with Crippen LogP contribution in [0.5, 0.6) is 5.75 Å². The summed E-state index contributed by atoms with van der Waals surface area (Å²) in [5, 5.41) is 12.6. The highest BCUT2D eigenvalue weighted by molar-refractivity contribution is 5.96. The number of benzene rings is 3. The number of amides is 1. The molecule has 0 spiro atoms. The molecule has 0 saturated heterocycles. The lowest BCUT2D eigenvalue weighted by atomic mass is 10.1. The first-order valence-electron chi connectivity index (χ1n) is 12.4. The Morgan fingerprint density at radius 1 is 0.737 bits per heavy atom. The summed E-state index contributed by atoms with van der Waals surface area (Å²) >= 11 is 0. The van der Waals surface area contributed by atoms with Gasteiger partial charge in [0.15, 0.2) is 0 Å². The molecule has 0 aliphatic rings. The van der Waals surface area contributed by atoms with E-state index in [9.17, 15) is 4.79 Å². The van der Waals surface area contributed by atoms with E-state index >= 15 is 0 Å². The molecule has 1 unspecified atom stereocenters. The molecular formula is C29H33N7O2. The summed E-state index contributed by atoms with van der Waals surface area (Å²) in [4.78, 5) is 26.5. The van der Waals surface area contributed by atoms with Crippen molar-refractivity contribution in [3.63, 3.8) is 0 Å². The molecule has 1 atom stereocenters. The minimum atomic E-state index is -0.623. The number of nitrogens with one attached hydrogen (secondary N) is 4. The van der Waals surface area contributed by atoms with E-state index < -0.39 is 6.04 Å². The Labute approximate surface area is 223 Å². The summed E-state index contributed by atoms with van der Waals surface area (Å²) in [7, 11) is 1.60. The van der Waals surface area contributed by atoms with Crippen LogP contribution >= 0.6 is 0 Å². The third-order valence-electron chi connectivity index (χ3n) is 5.99. The van der Waals surface area contributed by atoms with Gasteiger partial charge in [0, 0.05) is 17.1 Å². The normalized spacial score (nSPS) is 11.4. The van der Waals surface area contributed by atoms with Crippen molar-refractivity contribution in [1.29, 1.82) is 0 Å². The second-order valence-corrected chi connectivity index (χ2v) is 9.28. The van der Waals surface area contributed by atoms with Crippen molar-refractivity contribution < 1.29 is 9.53 Å². The average molecular weight is 512 g/mol. The number of carbonyl (C=O) groups excluding carboxylic acids is 1. The van der Waals surface area contributed by atoms with E-state index in [2.05, 4.69) is 48.4 Å². The number of aromatic nitrogens is 3. The van der Waals surface area contributed by atoms with Crippen molar-refractivity contribution in [3.05, 3.63) is 82.9 Å². The molecule has 0 radical (unpaired) electrons. The predicted molar refractivity (Wildman–Crippen MR) is 153 cm³/mol. The maximum atomic E-state index is 12.9. The molecule has 9 heteroatoms. The first-order chi connectivity index (χ1) is 18.2. The van der Waals surface area contributed by atoms with Crippen molar-refractivity contribution in [2.45, 2.75) is 40.7 Å². The molecular weight excluding hydrogens is 478 g/mol. The number of hydrogen-bond acceptors (Lipinski definition) is 8. The van der Waals surface area contributed by atoms with Gasteiger partial charge in [-0.1, -0.05) is 35.4 Å². The molecule has 1 amide bonds. The Hall–Kier alpha value is -4.66. The number of aryl methyl sites for hydroxylation is 4. The van der Waals surface area contributed by atoms with Gasteiger partial charge in [-0.25, -0.2) is 0 Å². The van der Waals surface area contributed by atoms with Crippen LogP contribution in [0.3, 0.4) is 0 Å².